The van der Waals surface area contributed by atoms with Gasteiger partial charge in [-0.2, -0.15) is 0 Å². The summed E-state index contributed by atoms with van der Waals surface area (Å²) in [5, 5.41) is 3.18. The minimum absolute atomic E-state index is 0. The number of likely N-dealkylation sites (tertiary alicyclic amines) is 1. The molecule has 24 heavy (non-hydrogen) atoms. The lowest BCUT2D eigenvalue weighted by molar-refractivity contribution is 0.233. The summed E-state index contributed by atoms with van der Waals surface area (Å²) in [6.45, 7) is 11.0. The largest absolute Gasteiger partial charge is 0.355 e. The van der Waals surface area contributed by atoms with Crippen LogP contribution in [-0.4, -0.2) is 81.0 Å². The zero-order chi connectivity index (χ0) is 17.7. The molecule has 1 atom stereocenters. The Kier molecular flexibility index (Phi) is 10.1. The second-order valence-corrected chi connectivity index (χ2v) is 10.1. The number of halogens is 1. The second-order valence-electron chi connectivity index (χ2n) is 7.21. The van der Waals surface area contributed by atoms with Crippen molar-refractivity contribution in [3.63, 3.8) is 0 Å². The number of nitrogens with zero attached hydrogens (tertiary/aromatic N) is 3. The van der Waals surface area contributed by atoms with Gasteiger partial charge in [0.2, 0.25) is 0 Å². The maximum Gasteiger partial charge on any atom is 0.193 e. The summed E-state index contributed by atoms with van der Waals surface area (Å²) in [6.07, 6.45) is 2.47. The van der Waals surface area contributed by atoms with Gasteiger partial charge in [-0.1, -0.05) is 6.92 Å². The molecular formula is C16H35IN4O2S. The van der Waals surface area contributed by atoms with Gasteiger partial charge in [0.05, 0.1) is 10.5 Å². The molecule has 0 spiro atoms. The smallest absolute Gasteiger partial charge is 0.193 e. The average molecular weight is 474 g/mol. The van der Waals surface area contributed by atoms with E-state index in [1.807, 2.05) is 7.05 Å². The number of aliphatic imine (C=N–C) groups is 1. The first kappa shape index (κ1) is 23.9. The lowest BCUT2D eigenvalue weighted by Gasteiger charge is -2.30. The molecule has 1 fully saturated rings. The number of hydrogen-bond acceptors (Lipinski definition) is 4. The molecule has 1 N–H and O–H groups in total. The van der Waals surface area contributed by atoms with Gasteiger partial charge < -0.3 is 10.2 Å². The van der Waals surface area contributed by atoms with Gasteiger partial charge in [-0.05, 0) is 46.7 Å². The predicted molar refractivity (Wildman–Crippen MR) is 113 cm³/mol. The molecule has 1 aliphatic rings. The van der Waals surface area contributed by atoms with Crippen molar-refractivity contribution in [3.8, 4) is 0 Å². The van der Waals surface area contributed by atoms with Crippen molar-refractivity contribution in [3.05, 3.63) is 0 Å². The number of rotatable bonds is 6. The van der Waals surface area contributed by atoms with Crippen LogP contribution in [0.3, 0.4) is 0 Å². The van der Waals surface area contributed by atoms with Gasteiger partial charge in [-0.25, -0.2) is 8.42 Å². The summed E-state index contributed by atoms with van der Waals surface area (Å²) in [6, 6.07) is 0.557. The Hall–Kier alpha value is -0.0900. The maximum absolute atomic E-state index is 12.2. The van der Waals surface area contributed by atoms with Crippen molar-refractivity contribution in [1.82, 2.24) is 15.1 Å². The first-order chi connectivity index (χ1) is 10.6. The normalized spacial score (nSPS) is 19.9. The van der Waals surface area contributed by atoms with Crippen LogP contribution >= 0.6 is 24.0 Å². The summed E-state index contributed by atoms with van der Waals surface area (Å²) in [5.41, 5.74) is 0. The van der Waals surface area contributed by atoms with E-state index >= 15 is 0 Å². The highest BCUT2D eigenvalue weighted by Crippen LogP contribution is 2.17. The number of nitrogens with one attached hydrogen (secondary N) is 1. The molecule has 0 aromatic heterocycles. The Labute approximate surface area is 165 Å². The van der Waals surface area contributed by atoms with Crippen molar-refractivity contribution in [2.24, 2.45) is 4.99 Å². The summed E-state index contributed by atoms with van der Waals surface area (Å²) < 4.78 is 23.6. The molecular weight excluding hydrogens is 439 g/mol. The predicted octanol–water partition coefficient (Wildman–Crippen LogP) is 1.81. The summed E-state index contributed by atoms with van der Waals surface area (Å²) in [7, 11) is 0.646. The Morgan fingerprint density at radius 1 is 1.38 bits per heavy atom. The molecule has 0 saturated carbocycles. The van der Waals surface area contributed by atoms with Crippen LogP contribution in [0.25, 0.3) is 0 Å². The van der Waals surface area contributed by atoms with Crippen LogP contribution in [0, 0.1) is 0 Å². The van der Waals surface area contributed by atoms with Gasteiger partial charge in [-0.15, -0.1) is 24.0 Å². The van der Waals surface area contributed by atoms with Crippen molar-refractivity contribution >= 4 is 39.8 Å². The molecule has 0 aromatic rings. The fraction of sp³-hybridized carbons (Fsp3) is 0.938. The van der Waals surface area contributed by atoms with Gasteiger partial charge in [0.25, 0.3) is 0 Å². The molecule has 1 saturated heterocycles. The fourth-order valence-electron chi connectivity index (χ4n) is 2.91. The van der Waals surface area contributed by atoms with E-state index < -0.39 is 14.6 Å². The van der Waals surface area contributed by atoms with Crippen LogP contribution in [0.5, 0.6) is 0 Å². The highest BCUT2D eigenvalue weighted by Gasteiger charge is 2.29. The standard InChI is InChI=1S/C16H34N4O2S.HI/c1-7-20-11-8-9-14(20)13-19(6)15(17-5)18-10-12-23(21,22)16(2,3)4;/h14H,7-13H2,1-6H3,(H,17,18);1H. The summed E-state index contributed by atoms with van der Waals surface area (Å²) >= 11 is 0. The van der Waals surface area contributed by atoms with Crippen LogP contribution in [0.15, 0.2) is 4.99 Å². The molecule has 1 rings (SSSR count). The first-order valence-corrected chi connectivity index (χ1v) is 10.2. The highest BCUT2D eigenvalue weighted by molar-refractivity contribution is 14.0. The highest BCUT2D eigenvalue weighted by atomic mass is 127. The minimum atomic E-state index is -3.11. The number of likely N-dealkylation sites (N-methyl/N-ethyl adjacent to an activating group) is 2. The minimum Gasteiger partial charge on any atom is -0.355 e. The topological polar surface area (TPSA) is 65.0 Å². The van der Waals surface area contributed by atoms with E-state index in [4.69, 9.17) is 0 Å². The van der Waals surface area contributed by atoms with Crippen LogP contribution in [0.1, 0.15) is 40.5 Å². The van der Waals surface area contributed by atoms with Crippen molar-refractivity contribution in [2.75, 3.05) is 46.0 Å². The number of hydrogen-bond donors (Lipinski definition) is 1. The van der Waals surface area contributed by atoms with Crippen LogP contribution in [-0.2, 0) is 9.84 Å². The van der Waals surface area contributed by atoms with Crippen LogP contribution in [0.2, 0.25) is 0 Å². The molecule has 6 nitrogen and oxygen atoms in total. The molecule has 144 valence electrons. The molecule has 0 bridgehead atoms. The zero-order valence-corrected chi connectivity index (χ0v) is 19.1. The first-order valence-electron chi connectivity index (χ1n) is 8.50. The van der Waals surface area contributed by atoms with E-state index in [1.165, 1.54) is 19.4 Å². The Morgan fingerprint density at radius 3 is 2.50 bits per heavy atom. The molecule has 0 amide bonds. The van der Waals surface area contributed by atoms with E-state index in [2.05, 4.69) is 27.0 Å². The van der Waals surface area contributed by atoms with E-state index in [-0.39, 0.29) is 29.7 Å². The van der Waals surface area contributed by atoms with Crippen molar-refractivity contribution in [2.45, 2.75) is 51.3 Å². The molecule has 0 radical (unpaired) electrons. The SMILES string of the molecule is CCN1CCCC1CN(C)C(=NC)NCCS(=O)(=O)C(C)(C)C.I. The number of guanidine groups is 1. The van der Waals surface area contributed by atoms with Crippen molar-refractivity contribution in [1.29, 1.82) is 0 Å². The monoisotopic (exact) mass is 474 g/mol. The second kappa shape index (κ2) is 10.2. The Balaban J connectivity index is 0.00000529. The van der Waals surface area contributed by atoms with Crippen molar-refractivity contribution < 1.29 is 8.42 Å². The van der Waals surface area contributed by atoms with Crippen LogP contribution < -0.4 is 5.32 Å². The molecule has 0 aliphatic carbocycles. The van der Waals surface area contributed by atoms with Crippen LogP contribution in [0.4, 0.5) is 0 Å². The van der Waals surface area contributed by atoms with Gasteiger partial charge in [0.15, 0.2) is 15.8 Å². The molecule has 0 aromatic carbocycles. The van der Waals surface area contributed by atoms with Gasteiger partial charge in [0.1, 0.15) is 0 Å². The average Bonchev–Trinajstić information content (AvgIpc) is 2.89. The lowest BCUT2D eigenvalue weighted by atomic mass is 10.2. The molecule has 1 heterocycles. The fourth-order valence-corrected chi connectivity index (χ4v) is 3.89. The maximum atomic E-state index is 12.2. The Morgan fingerprint density at radius 2 is 2.00 bits per heavy atom. The van der Waals surface area contributed by atoms with E-state index in [0.29, 0.717) is 12.6 Å². The van der Waals surface area contributed by atoms with E-state index in [1.54, 1.807) is 27.8 Å². The number of sulfone groups is 1. The lowest BCUT2D eigenvalue weighted by Crippen LogP contribution is -2.47. The third-order valence-corrected chi connectivity index (χ3v) is 7.16. The van der Waals surface area contributed by atoms with E-state index in [9.17, 15) is 8.42 Å². The zero-order valence-electron chi connectivity index (χ0n) is 16.0. The van der Waals surface area contributed by atoms with Gasteiger partial charge >= 0.3 is 0 Å². The summed E-state index contributed by atoms with van der Waals surface area (Å²) in [4.78, 5) is 8.87. The third kappa shape index (κ3) is 6.67. The van der Waals surface area contributed by atoms with Gasteiger partial charge in [0, 0.05) is 33.2 Å². The quantitative estimate of drug-likeness (QED) is 0.362. The molecule has 1 aliphatic heterocycles. The third-order valence-electron chi connectivity index (χ3n) is 4.55. The Bertz CT molecular complexity index is 503. The summed E-state index contributed by atoms with van der Waals surface area (Å²) in [5.74, 6) is 0.880. The van der Waals surface area contributed by atoms with Gasteiger partial charge in [-0.3, -0.25) is 9.89 Å². The molecule has 8 heteroatoms. The van der Waals surface area contributed by atoms with E-state index in [0.717, 1.165) is 19.0 Å². The molecule has 1 unspecified atom stereocenters.